The Morgan fingerprint density at radius 3 is 2.28 bits per heavy atom. The van der Waals surface area contributed by atoms with E-state index >= 15 is 0 Å². The summed E-state index contributed by atoms with van der Waals surface area (Å²) in [6, 6.07) is 8.12. The smallest absolute Gasteiger partial charge is 0.409 e. The topological polar surface area (TPSA) is 189 Å². The van der Waals surface area contributed by atoms with Crippen LogP contribution in [0.2, 0.25) is 0 Å². The van der Waals surface area contributed by atoms with Gasteiger partial charge < -0.3 is 39.8 Å². The maximum Gasteiger partial charge on any atom is 0.409 e. The van der Waals surface area contributed by atoms with Gasteiger partial charge >= 0.3 is 12.1 Å². The lowest BCUT2D eigenvalue weighted by Crippen LogP contribution is -2.47. The molecule has 1 unspecified atom stereocenters. The molecule has 14 nitrogen and oxygen atoms in total. The minimum absolute atomic E-state index is 0.0245. The van der Waals surface area contributed by atoms with Crippen molar-refractivity contribution in [2.75, 3.05) is 40.6 Å². The molecule has 1 aromatic heterocycles. The number of nitrogens with zero attached hydrogens (tertiary/aromatic N) is 2. The lowest BCUT2D eigenvalue weighted by molar-refractivity contribution is -0.130. The maximum atomic E-state index is 13.6. The lowest BCUT2D eigenvalue weighted by atomic mass is 9.80. The second kappa shape index (κ2) is 20.1. The Labute approximate surface area is 313 Å². The van der Waals surface area contributed by atoms with E-state index in [0.717, 1.165) is 5.56 Å². The van der Waals surface area contributed by atoms with Crippen molar-refractivity contribution in [1.29, 1.82) is 0 Å². The number of aromatic nitrogens is 1. The number of nitrogens with two attached hydrogens (primary N) is 1. The van der Waals surface area contributed by atoms with Crippen molar-refractivity contribution in [3.05, 3.63) is 53.9 Å². The van der Waals surface area contributed by atoms with E-state index in [0.29, 0.717) is 44.0 Å². The third-order valence-corrected chi connectivity index (χ3v) is 9.89. The molecule has 0 bridgehead atoms. The molecule has 1 saturated heterocycles. The molecular weight excluding hydrogens is 684 g/mol. The zero-order valence-electron chi connectivity index (χ0n) is 32.3. The molecule has 5 atom stereocenters. The Morgan fingerprint density at radius 1 is 1.00 bits per heavy atom. The first-order chi connectivity index (χ1) is 25.1. The molecule has 1 fully saturated rings. The average molecular weight is 743 g/mol. The Hall–Kier alpha value is -4.43. The minimum atomic E-state index is -1.23. The van der Waals surface area contributed by atoms with E-state index in [-0.39, 0.29) is 48.8 Å². The van der Waals surface area contributed by atoms with Gasteiger partial charge in [-0.15, -0.1) is 0 Å². The number of ether oxygens (including phenoxy) is 5. The largest absolute Gasteiger partial charge is 0.493 e. The van der Waals surface area contributed by atoms with Gasteiger partial charge in [0, 0.05) is 45.0 Å². The fourth-order valence-corrected chi connectivity index (χ4v) is 6.34. The highest BCUT2D eigenvalue weighted by Gasteiger charge is 2.48. The minimum Gasteiger partial charge on any atom is -0.493 e. The van der Waals surface area contributed by atoms with Crippen LogP contribution in [-0.4, -0.2) is 97.8 Å². The summed E-state index contributed by atoms with van der Waals surface area (Å²) in [6.45, 7) is 12.0. The SMILES string of the molecule is COCCCOc1cc(C[C@H](C[C@H]2[C@H](C[C@H](C(=O)NCC(C)(C)C(N)=O)C(C)C)OC(COC(=O)c3ccncc3)N2C(=O)O)C(C)C)ccc1OC. The van der Waals surface area contributed by atoms with Crippen molar-refractivity contribution in [2.24, 2.45) is 34.8 Å². The van der Waals surface area contributed by atoms with Crippen LogP contribution >= 0.6 is 0 Å². The fraction of sp³-hybridized carbons (Fsp3) is 0.615. The second-order valence-corrected chi connectivity index (χ2v) is 14.9. The quantitative estimate of drug-likeness (QED) is 0.116. The summed E-state index contributed by atoms with van der Waals surface area (Å²) in [7, 11) is 3.23. The molecule has 3 amide bonds. The average Bonchev–Trinajstić information content (AvgIpc) is 3.46. The number of pyridine rings is 1. The number of carboxylic acid groups (broad SMARTS) is 1. The van der Waals surface area contributed by atoms with E-state index in [1.165, 1.54) is 29.4 Å². The van der Waals surface area contributed by atoms with E-state index < -0.39 is 47.7 Å². The molecule has 4 N–H and O–H groups in total. The molecule has 2 aromatic rings. The molecule has 1 aliphatic rings. The maximum absolute atomic E-state index is 13.6. The number of methoxy groups -OCH3 is 2. The first-order valence-electron chi connectivity index (χ1n) is 18.2. The van der Waals surface area contributed by atoms with Crippen LogP contribution in [0.15, 0.2) is 42.7 Å². The normalized spacial score (nSPS) is 18.5. The molecule has 3 rings (SSSR count). The number of benzene rings is 1. The van der Waals surface area contributed by atoms with Gasteiger partial charge in [0.15, 0.2) is 17.7 Å². The number of nitrogens with one attached hydrogen (secondary N) is 1. The highest BCUT2D eigenvalue weighted by Crippen LogP contribution is 2.37. The summed E-state index contributed by atoms with van der Waals surface area (Å²) in [4.78, 5) is 56.6. The number of rotatable bonds is 21. The molecule has 14 heteroatoms. The van der Waals surface area contributed by atoms with Crippen molar-refractivity contribution in [2.45, 2.75) is 85.6 Å². The van der Waals surface area contributed by atoms with Crippen LogP contribution in [0.4, 0.5) is 4.79 Å². The van der Waals surface area contributed by atoms with E-state index in [1.807, 2.05) is 32.0 Å². The number of amides is 3. The third-order valence-electron chi connectivity index (χ3n) is 9.89. The molecule has 2 heterocycles. The molecule has 0 spiro atoms. The van der Waals surface area contributed by atoms with E-state index in [2.05, 4.69) is 24.1 Å². The first kappa shape index (κ1) is 43.0. The van der Waals surface area contributed by atoms with Gasteiger partial charge in [-0.2, -0.15) is 0 Å². The van der Waals surface area contributed by atoms with Gasteiger partial charge in [0.1, 0.15) is 6.61 Å². The Morgan fingerprint density at radius 2 is 1.70 bits per heavy atom. The Kier molecular flexibility index (Phi) is 16.3. The third kappa shape index (κ3) is 12.3. The molecule has 1 aromatic carbocycles. The number of carbonyl (C=O) groups excluding carboxylic acids is 3. The molecule has 0 radical (unpaired) electrons. The fourth-order valence-electron chi connectivity index (χ4n) is 6.34. The van der Waals surface area contributed by atoms with Gasteiger partial charge in [-0.25, -0.2) is 9.59 Å². The predicted octanol–water partition coefficient (Wildman–Crippen LogP) is 4.93. The van der Waals surface area contributed by atoms with Crippen molar-refractivity contribution in [3.8, 4) is 11.5 Å². The summed E-state index contributed by atoms with van der Waals surface area (Å²) >= 11 is 0. The van der Waals surface area contributed by atoms with Gasteiger partial charge in [-0.1, -0.05) is 33.8 Å². The number of esters is 1. The zero-order chi connectivity index (χ0) is 39.3. The first-order valence-corrected chi connectivity index (χ1v) is 18.2. The standard InChI is InChI=1S/C39H58N4O10/c1-24(2)28(18-26-10-11-31(50-8)33(19-26)51-17-9-16-49-7)20-30-32(21-29(25(3)4)35(44)42-23-39(5,6)37(40)46)53-34(43(30)38(47)48)22-52-36(45)27-12-14-41-15-13-27/h10-15,19,24-25,28-30,32,34H,9,16-18,20-23H2,1-8H3,(H2,40,46)(H,42,44)(H,47,48)/t28-,29+,30+,32+,34?/m1/s1. The van der Waals surface area contributed by atoms with Crippen LogP contribution in [0.3, 0.4) is 0 Å². The molecule has 53 heavy (non-hydrogen) atoms. The summed E-state index contributed by atoms with van der Waals surface area (Å²) in [6.07, 6.45) is 1.78. The van der Waals surface area contributed by atoms with Crippen molar-refractivity contribution in [3.63, 3.8) is 0 Å². The van der Waals surface area contributed by atoms with Gasteiger partial charge in [0.25, 0.3) is 0 Å². The predicted molar refractivity (Wildman–Crippen MR) is 197 cm³/mol. The highest BCUT2D eigenvalue weighted by atomic mass is 16.6. The van der Waals surface area contributed by atoms with Crippen LogP contribution < -0.4 is 20.5 Å². The van der Waals surface area contributed by atoms with Crippen LogP contribution in [0.1, 0.15) is 76.7 Å². The van der Waals surface area contributed by atoms with Crippen molar-refractivity contribution in [1.82, 2.24) is 15.2 Å². The highest BCUT2D eigenvalue weighted by molar-refractivity contribution is 5.89. The second-order valence-electron chi connectivity index (χ2n) is 14.9. The monoisotopic (exact) mass is 742 g/mol. The van der Waals surface area contributed by atoms with Crippen LogP contribution in [0, 0.1) is 29.1 Å². The van der Waals surface area contributed by atoms with Gasteiger partial charge in [-0.3, -0.25) is 19.5 Å². The molecule has 1 aliphatic heterocycles. The van der Waals surface area contributed by atoms with Gasteiger partial charge in [0.05, 0.1) is 36.8 Å². The van der Waals surface area contributed by atoms with Gasteiger partial charge in [-0.05, 0) is 80.7 Å². The van der Waals surface area contributed by atoms with Crippen LogP contribution in [-0.2, 0) is 30.2 Å². The number of hydrogen-bond donors (Lipinski definition) is 3. The summed E-state index contributed by atoms with van der Waals surface area (Å²) in [5.41, 5.74) is 5.83. The lowest BCUT2D eigenvalue weighted by Gasteiger charge is -2.33. The van der Waals surface area contributed by atoms with E-state index in [9.17, 15) is 24.3 Å². The summed E-state index contributed by atoms with van der Waals surface area (Å²) in [5.74, 6) is -0.890. The van der Waals surface area contributed by atoms with E-state index in [1.54, 1.807) is 28.1 Å². The van der Waals surface area contributed by atoms with Crippen molar-refractivity contribution < 1.29 is 48.0 Å². The van der Waals surface area contributed by atoms with E-state index in [4.69, 9.17) is 29.4 Å². The van der Waals surface area contributed by atoms with Crippen LogP contribution in [0.5, 0.6) is 11.5 Å². The van der Waals surface area contributed by atoms with Crippen LogP contribution in [0.25, 0.3) is 0 Å². The number of carbonyl (C=O) groups is 4. The summed E-state index contributed by atoms with van der Waals surface area (Å²) < 4.78 is 28.7. The number of hydrogen-bond acceptors (Lipinski definition) is 10. The number of primary amides is 1. The van der Waals surface area contributed by atoms with Gasteiger partial charge in [0.2, 0.25) is 11.8 Å². The summed E-state index contributed by atoms with van der Waals surface area (Å²) in [5, 5.41) is 13.5. The Balaban J connectivity index is 1.93. The molecule has 294 valence electrons. The Bertz CT molecular complexity index is 1500. The van der Waals surface area contributed by atoms with Crippen molar-refractivity contribution >= 4 is 23.9 Å². The zero-order valence-corrected chi connectivity index (χ0v) is 32.3. The molecular formula is C39H58N4O10. The molecule has 0 aliphatic carbocycles. The molecule has 0 saturated carbocycles.